The van der Waals surface area contributed by atoms with Crippen molar-refractivity contribution in [1.29, 1.82) is 0 Å². The maximum Gasteiger partial charge on any atom is 0.268 e. The van der Waals surface area contributed by atoms with Gasteiger partial charge in [0.25, 0.3) is 5.91 Å². The summed E-state index contributed by atoms with van der Waals surface area (Å²) in [5, 5.41) is 0.491. The Morgan fingerprint density at radius 3 is 2.12 bits per heavy atom. The summed E-state index contributed by atoms with van der Waals surface area (Å²) in [6.07, 6.45) is 0.818. The summed E-state index contributed by atoms with van der Waals surface area (Å²) in [4.78, 5) is 39.5. The number of amides is 3. The molecule has 0 aromatic heterocycles. The smallest absolute Gasteiger partial charge is 0.268 e. The van der Waals surface area contributed by atoms with Crippen LogP contribution in [-0.4, -0.2) is 32.3 Å². The Bertz CT molecular complexity index is 755. The summed E-state index contributed by atoms with van der Waals surface area (Å²) in [5.74, 6) is -2.25. The van der Waals surface area contributed by atoms with Crippen LogP contribution >= 0.6 is 55.1 Å². The topological polar surface area (TPSA) is 54.5 Å². The van der Waals surface area contributed by atoms with E-state index in [9.17, 15) is 14.4 Å². The van der Waals surface area contributed by atoms with Gasteiger partial charge in [0, 0.05) is 14.7 Å². The van der Waals surface area contributed by atoms with Crippen LogP contribution in [0.15, 0.2) is 18.2 Å². The van der Waals surface area contributed by atoms with Crippen molar-refractivity contribution in [2.75, 3.05) is 0 Å². The van der Waals surface area contributed by atoms with Crippen molar-refractivity contribution in [1.82, 2.24) is 4.90 Å². The standard InChI is InChI=1S/C16H11Br2Cl2NO3/c17-12-7-4-8(13(12)18)11-10(7)15(23)21(16(11)24)14(22)6-3-5(19)1-2-9(6)20/h1-3,7-8,10-13H,4H2. The lowest BCUT2D eigenvalue weighted by molar-refractivity contribution is -0.137. The third-order valence-corrected chi connectivity index (χ3v) is 9.12. The van der Waals surface area contributed by atoms with Crippen molar-refractivity contribution in [3.63, 3.8) is 0 Å². The highest BCUT2D eigenvalue weighted by Gasteiger charge is 2.67. The molecule has 0 spiro atoms. The van der Waals surface area contributed by atoms with Gasteiger partial charge in [-0.3, -0.25) is 14.4 Å². The highest BCUT2D eigenvalue weighted by Crippen LogP contribution is 2.60. The molecule has 1 saturated heterocycles. The maximum atomic E-state index is 12.8. The fourth-order valence-electron chi connectivity index (χ4n) is 4.33. The van der Waals surface area contributed by atoms with Gasteiger partial charge in [0.1, 0.15) is 0 Å². The van der Waals surface area contributed by atoms with Crippen LogP contribution in [-0.2, 0) is 9.59 Å². The lowest BCUT2D eigenvalue weighted by Crippen LogP contribution is -2.38. The molecule has 6 unspecified atom stereocenters. The molecule has 0 N–H and O–H groups in total. The molecule has 1 aliphatic heterocycles. The van der Waals surface area contributed by atoms with E-state index < -0.39 is 29.6 Å². The quantitative estimate of drug-likeness (QED) is 0.438. The van der Waals surface area contributed by atoms with Gasteiger partial charge in [0.05, 0.1) is 22.4 Å². The monoisotopic (exact) mass is 493 g/mol. The van der Waals surface area contributed by atoms with Gasteiger partial charge in [-0.2, -0.15) is 0 Å². The summed E-state index contributed by atoms with van der Waals surface area (Å²) in [7, 11) is 0. The lowest BCUT2D eigenvalue weighted by Gasteiger charge is -2.28. The number of likely N-dealkylation sites (tertiary alicyclic amines) is 1. The number of benzene rings is 1. The Kier molecular flexibility index (Phi) is 4.11. The second kappa shape index (κ2) is 5.79. The number of halogens is 4. The third-order valence-electron chi connectivity index (χ3n) is 5.35. The summed E-state index contributed by atoms with van der Waals surface area (Å²) in [5.41, 5.74) is 0.0731. The first-order valence-electron chi connectivity index (χ1n) is 7.48. The molecule has 126 valence electrons. The van der Waals surface area contributed by atoms with Crippen LogP contribution < -0.4 is 0 Å². The van der Waals surface area contributed by atoms with Crippen molar-refractivity contribution in [3.8, 4) is 0 Å². The first kappa shape index (κ1) is 17.0. The summed E-state index contributed by atoms with van der Waals surface area (Å²) in [6.45, 7) is 0. The van der Waals surface area contributed by atoms with Crippen LogP contribution in [0, 0.1) is 23.7 Å². The van der Waals surface area contributed by atoms with E-state index in [1.54, 1.807) is 6.07 Å². The second-order valence-electron chi connectivity index (χ2n) is 6.45. The van der Waals surface area contributed by atoms with Gasteiger partial charge in [-0.1, -0.05) is 55.1 Å². The van der Waals surface area contributed by atoms with E-state index >= 15 is 0 Å². The minimum absolute atomic E-state index is 0.0634. The Labute approximate surface area is 165 Å². The molecule has 24 heavy (non-hydrogen) atoms. The Morgan fingerprint density at radius 2 is 1.58 bits per heavy atom. The highest BCUT2D eigenvalue weighted by molar-refractivity contribution is 9.12. The molecular weight excluding hydrogens is 485 g/mol. The van der Waals surface area contributed by atoms with Crippen LogP contribution in [0.5, 0.6) is 0 Å². The van der Waals surface area contributed by atoms with Crippen LogP contribution in [0.2, 0.25) is 10.0 Å². The zero-order chi connectivity index (χ0) is 17.3. The molecule has 3 fully saturated rings. The van der Waals surface area contributed by atoms with E-state index in [-0.39, 0.29) is 32.1 Å². The number of imide groups is 3. The summed E-state index contributed by atoms with van der Waals surface area (Å²) in [6, 6.07) is 4.42. The minimum Gasteiger partial charge on any atom is -0.274 e. The average Bonchev–Trinajstić information content (AvgIpc) is 3.14. The normalized spacial score (nSPS) is 37.2. The Hall–Kier alpha value is -0.430. The zero-order valence-electron chi connectivity index (χ0n) is 12.1. The van der Waals surface area contributed by atoms with Crippen LogP contribution in [0.3, 0.4) is 0 Å². The predicted molar refractivity (Wildman–Crippen MR) is 96.7 cm³/mol. The molecule has 0 radical (unpaired) electrons. The molecule has 1 aromatic carbocycles. The van der Waals surface area contributed by atoms with E-state index in [1.165, 1.54) is 12.1 Å². The minimum atomic E-state index is -0.691. The van der Waals surface area contributed by atoms with Crippen molar-refractivity contribution in [2.45, 2.75) is 16.1 Å². The van der Waals surface area contributed by atoms with E-state index in [2.05, 4.69) is 31.9 Å². The summed E-state index contributed by atoms with van der Waals surface area (Å²) >= 11 is 19.2. The molecule has 8 heteroatoms. The van der Waals surface area contributed by atoms with Gasteiger partial charge < -0.3 is 0 Å². The van der Waals surface area contributed by atoms with Crippen LogP contribution in [0.1, 0.15) is 16.8 Å². The fourth-order valence-corrected chi connectivity index (χ4v) is 6.57. The number of carbonyl (C=O) groups is 3. The SMILES string of the molecule is O=C(c1cc(Cl)ccc1Cl)N1C(=O)C2C3CC(C(Br)C3Br)C2C1=O. The van der Waals surface area contributed by atoms with Gasteiger partial charge in [-0.25, -0.2) is 4.90 Å². The van der Waals surface area contributed by atoms with E-state index in [0.717, 1.165) is 11.3 Å². The molecule has 1 aromatic rings. The number of hydrogen-bond acceptors (Lipinski definition) is 3. The largest absolute Gasteiger partial charge is 0.274 e. The third kappa shape index (κ3) is 2.19. The first-order valence-corrected chi connectivity index (χ1v) is 10.1. The second-order valence-corrected chi connectivity index (χ2v) is 9.40. The molecule has 4 nitrogen and oxygen atoms in total. The number of rotatable bonds is 1. The van der Waals surface area contributed by atoms with Gasteiger partial charge >= 0.3 is 0 Å². The van der Waals surface area contributed by atoms with E-state index in [0.29, 0.717) is 5.02 Å². The number of carbonyl (C=O) groups excluding carboxylic acids is 3. The van der Waals surface area contributed by atoms with Gasteiger partial charge in [-0.05, 0) is 36.5 Å². The Morgan fingerprint density at radius 1 is 1.04 bits per heavy atom. The number of fused-ring (bicyclic) bond motifs is 5. The van der Waals surface area contributed by atoms with Gasteiger partial charge in [0.15, 0.2) is 0 Å². The predicted octanol–water partition coefficient (Wildman–Crippen LogP) is 3.91. The maximum absolute atomic E-state index is 12.8. The molecule has 6 atom stereocenters. The molecule has 2 bridgehead atoms. The number of alkyl halides is 2. The molecular formula is C16H11Br2Cl2NO3. The molecule has 3 amide bonds. The first-order chi connectivity index (χ1) is 11.3. The molecule has 4 rings (SSSR count). The van der Waals surface area contributed by atoms with Crippen molar-refractivity contribution >= 4 is 72.8 Å². The Balaban J connectivity index is 1.71. The lowest BCUT2D eigenvalue weighted by atomic mass is 9.81. The zero-order valence-corrected chi connectivity index (χ0v) is 16.8. The van der Waals surface area contributed by atoms with Crippen LogP contribution in [0.25, 0.3) is 0 Å². The molecule has 2 aliphatic carbocycles. The summed E-state index contributed by atoms with van der Waals surface area (Å²) < 4.78 is 0. The molecule has 3 aliphatic rings. The van der Waals surface area contributed by atoms with E-state index in [1.807, 2.05) is 0 Å². The van der Waals surface area contributed by atoms with E-state index in [4.69, 9.17) is 23.2 Å². The number of nitrogens with zero attached hydrogens (tertiary/aromatic N) is 1. The van der Waals surface area contributed by atoms with Gasteiger partial charge in [0.2, 0.25) is 11.8 Å². The average molecular weight is 496 g/mol. The van der Waals surface area contributed by atoms with Crippen molar-refractivity contribution < 1.29 is 14.4 Å². The van der Waals surface area contributed by atoms with Crippen LogP contribution in [0.4, 0.5) is 0 Å². The van der Waals surface area contributed by atoms with Gasteiger partial charge in [-0.15, -0.1) is 0 Å². The number of hydrogen-bond donors (Lipinski definition) is 0. The molecule has 2 saturated carbocycles. The fraction of sp³-hybridized carbons (Fsp3) is 0.438. The highest BCUT2D eigenvalue weighted by atomic mass is 79.9. The van der Waals surface area contributed by atoms with Crippen molar-refractivity contribution in [3.05, 3.63) is 33.8 Å². The molecule has 1 heterocycles. The van der Waals surface area contributed by atoms with Crippen molar-refractivity contribution in [2.24, 2.45) is 23.7 Å².